The van der Waals surface area contributed by atoms with Crippen molar-refractivity contribution in [3.05, 3.63) is 33.4 Å². The number of hydrogen-bond donors (Lipinski definition) is 1. The van der Waals surface area contributed by atoms with Crippen LogP contribution < -0.4 is 5.32 Å². The van der Waals surface area contributed by atoms with Crippen molar-refractivity contribution in [2.75, 3.05) is 11.5 Å². The summed E-state index contributed by atoms with van der Waals surface area (Å²) < 4.78 is 23.8. The molecular weight excluding hydrogens is 349 g/mol. The third kappa shape index (κ3) is 4.22. The van der Waals surface area contributed by atoms with Crippen molar-refractivity contribution in [3.8, 4) is 0 Å². The molecule has 94 valence electrons. The lowest BCUT2D eigenvalue weighted by molar-refractivity contribution is 0.463. The molecule has 0 saturated carbocycles. The molecule has 0 amide bonds. The quantitative estimate of drug-likeness (QED) is 0.834. The molecular formula is C12H16INO2S. The molecule has 17 heavy (non-hydrogen) atoms. The van der Waals surface area contributed by atoms with Gasteiger partial charge in [-0.1, -0.05) is 12.1 Å². The molecule has 5 heteroatoms. The third-order valence-corrected chi connectivity index (χ3v) is 5.50. The Morgan fingerprint density at radius 2 is 1.76 bits per heavy atom. The van der Waals surface area contributed by atoms with Gasteiger partial charge in [-0.15, -0.1) is 0 Å². The summed E-state index contributed by atoms with van der Waals surface area (Å²) in [4.78, 5) is 0. The van der Waals surface area contributed by atoms with E-state index in [1.807, 2.05) is 0 Å². The van der Waals surface area contributed by atoms with E-state index in [1.54, 1.807) is 0 Å². The first-order valence-corrected chi connectivity index (χ1v) is 8.63. The molecule has 1 N–H and O–H groups in total. The molecule has 3 nitrogen and oxygen atoms in total. The molecule has 2 rings (SSSR count). The highest BCUT2D eigenvalue weighted by molar-refractivity contribution is 14.1. The Balaban J connectivity index is 1.81. The largest absolute Gasteiger partial charge is 0.310 e. The minimum absolute atomic E-state index is 0.331. The van der Waals surface area contributed by atoms with E-state index in [1.165, 1.54) is 9.13 Å². The maximum atomic E-state index is 11.3. The molecule has 1 aromatic rings. The van der Waals surface area contributed by atoms with Crippen LogP contribution in [-0.2, 0) is 16.4 Å². The minimum Gasteiger partial charge on any atom is -0.310 e. The number of rotatable bonds is 3. The van der Waals surface area contributed by atoms with Gasteiger partial charge in [0.15, 0.2) is 0 Å². The summed E-state index contributed by atoms with van der Waals surface area (Å²) in [5.74, 6) is 0.661. The van der Waals surface area contributed by atoms with Crippen LogP contribution in [-0.4, -0.2) is 26.0 Å². The molecule has 0 radical (unpaired) electrons. The molecule has 0 atom stereocenters. The first kappa shape index (κ1) is 13.3. The van der Waals surface area contributed by atoms with Crippen molar-refractivity contribution >= 4 is 32.4 Å². The van der Waals surface area contributed by atoms with Gasteiger partial charge in [0.25, 0.3) is 0 Å². The predicted octanol–water partition coefficient (Wildman–Crippen LogP) is 1.96. The predicted molar refractivity (Wildman–Crippen MR) is 77.7 cm³/mol. The third-order valence-electron chi connectivity index (χ3n) is 3.06. The maximum Gasteiger partial charge on any atom is 0.150 e. The summed E-state index contributed by atoms with van der Waals surface area (Å²) in [6.45, 7) is 0.821. The fraction of sp³-hybridized carbons (Fsp3) is 0.500. The van der Waals surface area contributed by atoms with Crippen molar-refractivity contribution in [3.63, 3.8) is 0 Å². The highest BCUT2D eigenvalue weighted by Gasteiger charge is 2.22. The lowest BCUT2D eigenvalue weighted by Gasteiger charge is -2.23. The van der Waals surface area contributed by atoms with Crippen LogP contribution in [0.2, 0.25) is 0 Å². The van der Waals surface area contributed by atoms with E-state index in [0.717, 1.165) is 19.4 Å². The summed E-state index contributed by atoms with van der Waals surface area (Å²) in [5.41, 5.74) is 1.25. The van der Waals surface area contributed by atoms with Crippen molar-refractivity contribution < 1.29 is 8.42 Å². The molecule has 0 bridgehead atoms. The van der Waals surface area contributed by atoms with Gasteiger partial charge in [-0.25, -0.2) is 8.42 Å². The Kier molecular flexibility index (Phi) is 4.43. The second-order valence-electron chi connectivity index (χ2n) is 4.43. The highest BCUT2D eigenvalue weighted by Crippen LogP contribution is 2.13. The van der Waals surface area contributed by atoms with E-state index >= 15 is 0 Å². The lowest BCUT2D eigenvalue weighted by Crippen LogP contribution is -2.37. The first-order chi connectivity index (χ1) is 8.05. The maximum absolute atomic E-state index is 11.3. The molecule has 0 unspecified atom stereocenters. The van der Waals surface area contributed by atoms with E-state index in [-0.39, 0.29) is 0 Å². The van der Waals surface area contributed by atoms with E-state index in [0.29, 0.717) is 17.5 Å². The second kappa shape index (κ2) is 5.67. The van der Waals surface area contributed by atoms with Crippen molar-refractivity contribution in [2.45, 2.75) is 25.4 Å². The monoisotopic (exact) mass is 365 g/mol. The van der Waals surface area contributed by atoms with E-state index in [2.05, 4.69) is 52.2 Å². The van der Waals surface area contributed by atoms with Gasteiger partial charge in [0.05, 0.1) is 11.5 Å². The fourth-order valence-electron chi connectivity index (χ4n) is 1.96. The topological polar surface area (TPSA) is 46.2 Å². The van der Waals surface area contributed by atoms with Gasteiger partial charge >= 0.3 is 0 Å². The van der Waals surface area contributed by atoms with Crippen LogP contribution in [0.25, 0.3) is 0 Å². The zero-order valence-corrected chi connectivity index (χ0v) is 12.5. The normalized spacial score (nSPS) is 20.3. The van der Waals surface area contributed by atoms with Crippen LogP contribution in [0, 0.1) is 3.57 Å². The second-order valence-corrected chi connectivity index (χ2v) is 7.98. The van der Waals surface area contributed by atoms with Crippen LogP contribution >= 0.6 is 22.6 Å². The van der Waals surface area contributed by atoms with Crippen molar-refractivity contribution in [1.29, 1.82) is 0 Å². The molecule has 0 aliphatic carbocycles. The number of halogens is 1. The summed E-state index contributed by atoms with van der Waals surface area (Å²) >= 11 is 2.28. The van der Waals surface area contributed by atoms with E-state index in [4.69, 9.17) is 0 Å². The van der Waals surface area contributed by atoms with Crippen LogP contribution in [0.5, 0.6) is 0 Å². The Morgan fingerprint density at radius 1 is 1.18 bits per heavy atom. The fourth-order valence-corrected chi connectivity index (χ4v) is 3.81. The zero-order chi connectivity index (χ0) is 12.3. The summed E-state index contributed by atoms with van der Waals surface area (Å²) in [7, 11) is -2.75. The molecule has 0 aromatic heterocycles. The van der Waals surface area contributed by atoms with Gasteiger partial charge in [-0.3, -0.25) is 0 Å². The molecule has 1 aliphatic heterocycles. The number of benzene rings is 1. The Morgan fingerprint density at radius 3 is 2.35 bits per heavy atom. The van der Waals surface area contributed by atoms with Gasteiger partial charge < -0.3 is 5.32 Å². The average Bonchev–Trinajstić information content (AvgIpc) is 2.30. The van der Waals surface area contributed by atoms with Crippen LogP contribution in [0.4, 0.5) is 0 Å². The van der Waals surface area contributed by atoms with E-state index in [9.17, 15) is 8.42 Å². The van der Waals surface area contributed by atoms with Crippen LogP contribution in [0.15, 0.2) is 24.3 Å². The highest BCUT2D eigenvalue weighted by atomic mass is 127. The van der Waals surface area contributed by atoms with Crippen molar-refractivity contribution in [2.24, 2.45) is 0 Å². The van der Waals surface area contributed by atoms with Gasteiger partial charge in [0.2, 0.25) is 0 Å². The van der Waals surface area contributed by atoms with Crippen molar-refractivity contribution in [1.82, 2.24) is 5.32 Å². The van der Waals surface area contributed by atoms with Gasteiger partial charge in [0, 0.05) is 16.2 Å². The SMILES string of the molecule is O=S1(=O)CCC(NCc2ccc(I)cc2)CC1. The molecule has 1 heterocycles. The standard InChI is InChI=1S/C12H16INO2S/c13-11-3-1-10(2-4-11)9-14-12-5-7-17(15,16)8-6-12/h1-4,12,14H,5-9H2. The van der Waals surface area contributed by atoms with E-state index < -0.39 is 9.84 Å². The van der Waals surface area contributed by atoms with Gasteiger partial charge in [-0.05, 0) is 53.1 Å². The Hall–Kier alpha value is -0.140. The Labute approximate surface area is 116 Å². The number of sulfone groups is 1. The summed E-state index contributed by atoms with van der Waals surface area (Å²) in [6.07, 6.45) is 1.49. The van der Waals surface area contributed by atoms with Crippen LogP contribution in [0.3, 0.4) is 0 Å². The zero-order valence-electron chi connectivity index (χ0n) is 9.52. The average molecular weight is 365 g/mol. The summed E-state index contributed by atoms with van der Waals surface area (Å²) in [6, 6.07) is 8.73. The molecule has 1 saturated heterocycles. The lowest BCUT2D eigenvalue weighted by atomic mass is 10.1. The molecule has 1 fully saturated rings. The summed E-state index contributed by atoms with van der Waals surface area (Å²) in [5, 5.41) is 3.43. The first-order valence-electron chi connectivity index (χ1n) is 5.73. The molecule has 0 spiro atoms. The number of nitrogens with one attached hydrogen (secondary N) is 1. The smallest absolute Gasteiger partial charge is 0.150 e. The molecule has 1 aliphatic rings. The minimum atomic E-state index is -2.75. The van der Waals surface area contributed by atoms with Gasteiger partial charge in [0.1, 0.15) is 9.84 Å². The van der Waals surface area contributed by atoms with Gasteiger partial charge in [-0.2, -0.15) is 0 Å². The van der Waals surface area contributed by atoms with Crippen LogP contribution in [0.1, 0.15) is 18.4 Å². The Bertz CT molecular complexity index is 456. The number of hydrogen-bond acceptors (Lipinski definition) is 3. The molecule has 1 aromatic carbocycles.